The quantitative estimate of drug-likeness (QED) is 0.118. The summed E-state index contributed by atoms with van der Waals surface area (Å²) < 4.78 is 57.2. The van der Waals surface area contributed by atoms with Crippen molar-refractivity contribution < 1.29 is 76.8 Å². The molecular formula is C51H67NO16. The molecule has 0 spiro atoms. The Hall–Kier alpha value is -5.07. The molecule has 17 heteroatoms. The Kier molecular flexibility index (Phi) is 14.0. The Labute approximate surface area is 397 Å². The van der Waals surface area contributed by atoms with E-state index in [2.05, 4.69) is 5.32 Å². The molecule has 3 N–H and O–H groups in total. The highest BCUT2D eigenvalue weighted by molar-refractivity contribution is 5.89. The number of benzene rings is 2. The molecule has 13 atom stereocenters. The van der Waals surface area contributed by atoms with Gasteiger partial charge >= 0.3 is 30.0 Å². The Balaban J connectivity index is 1.45. The van der Waals surface area contributed by atoms with E-state index < -0.39 is 119 Å². The minimum absolute atomic E-state index is 0.0963. The Morgan fingerprint density at radius 3 is 2.10 bits per heavy atom. The van der Waals surface area contributed by atoms with Gasteiger partial charge in [-0.1, -0.05) is 51.1 Å². The van der Waals surface area contributed by atoms with E-state index in [-0.39, 0.29) is 42.9 Å². The highest BCUT2D eigenvalue weighted by Gasteiger charge is 2.81. The van der Waals surface area contributed by atoms with Gasteiger partial charge in [0, 0.05) is 37.7 Å². The lowest BCUT2D eigenvalue weighted by atomic mass is 9.49. The van der Waals surface area contributed by atoms with Crippen LogP contribution in [0.3, 0.4) is 0 Å². The molecule has 2 heterocycles. The zero-order chi connectivity index (χ0) is 49.9. The molecule has 0 aromatic heterocycles. The fraction of sp³-hybridized carbons (Fsp3) is 0.627. The molecule has 2 aromatic carbocycles. The van der Waals surface area contributed by atoms with E-state index in [0.29, 0.717) is 16.9 Å². The summed E-state index contributed by atoms with van der Waals surface area (Å²) >= 11 is 0. The van der Waals surface area contributed by atoms with Crippen molar-refractivity contribution in [2.45, 2.75) is 167 Å². The van der Waals surface area contributed by atoms with Gasteiger partial charge in [-0.25, -0.2) is 14.4 Å². The Morgan fingerprint density at radius 1 is 0.897 bits per heavy atom. The number of aliphatic hydroxyl groups excluding tert-OH is 1. The fourth-order valence-electron chi connectivity index (χ4n) is 11.6. The number of fused-ring (bicyclic) bond motifs is 3. The van der Waals surface area contributed by atoms with Crippen LogP contribution in [0.4, 0.5) is 4.79 Å². The number of hydrogen-bond donors (Lipinski definition) is 3. The van der Waals surface area contributed by atoms with Crippen molar-refractivity contribution in [3.63, 3.8) is 0 Å². The third-order valence-electron chi connectivity index (χ3n) is 14.4. The molecule has 372 valence electrons. The summed E-state index contributed by atoms with van der Waals surface area (Å²) in [6.07, 6.45) is -10.7. The highest BCUT2D eigenvalue weighted by atomic mass is 16.7. The van der Waals surface area contributed by atoms with Crippen LogP contribution in [0.15, 0.2) is 65.7 Å². The van der Waals surface area contributed by atoms with Crippen molar-refractivity contribution >= 4 is 30.0 Å². The minimum atomic E-state index is -1.94. The number of carbonyl (C=O) groups is 5. The summed E-state index contributed by atoms with van der Waals surface area (Å²) in [6, 6.07) is 14.2. The van der Waals surface area contributed by atoms with Gasteiger partial charge in [0.15, 0.2) is 24.1 Å². The van der Waals surface area contributed by atoms with Gasteiger partial charge in [-0.05, 0) is 89.3 Å². The zero-order valence-electron chi connectivity index (χ0n) is 41.0. The maximum absolute atomic E-state index is 14.8. The number of methoxy groups -OCH3 is 1. The number of nitrogens with one attached hydrogen (secondary N) is 1. The smallest absolute Gasteiger partial charge is 0.407 e. The van der Waals surface area contributed by atoms with Crippen molar-refractivity contribution in [1.82, 2.24) is 5.32 Å². The van der Waals surface area contributed by atoms with E-state index in [9.17, 15) is 34.2 Å². The second-order valence-electron chi connectivity index (χ2n) is 21.0. The standard InChI is InChI=1S/C51H67NO16/c1-26(2)22-33(52-46(58)68-47(6,7)8)38(55)44(57)63-34-24-50(48(9,10)59)37(27(34)3)39(62-28(4)53)41-49(11)35(64-45(66-41)31-18-20-32(60-12)21-19-31)23-36-51(25-61-36,67-29(5)54)40(49)42(50)65-43(56)30-16-14-13-15-17-30/h13-21,26,33-36,38-42,45,55,59H,22-25H2,1-12H3,(H,52,58)/t33-,34-,35-,36+,38+,39+,40-,41-,42-,45?,49+,50-,51-/m0/s1. The molecule has 2 aliphatic heterocycles. The lowest BCUT2D eigenvalue weighted by Gasteiger charge is -2.67. The summed E-state index contributed by atoms with van der Waals surface area (Å²) in [5.74, 6) is -3.89. The van der Waals surface area contributed by atoms with Gasteiger partial charge < -0.3 is 58.2 Å². The number of rotatable bonds is 13. The monoisotopic (exact) mass is 949 g/mol. The molecule has 1 amide bonds. The Morgan fingerprint density at radius 2 is 1.56 bits per heavy atom. The lowest BCUT2D eigenvalue weighted by molar-refractivity contribution is -0.401. The molecule has 2 saturated heterocycles. The van der Waals surface area contributed by atoms with Gasteiger partial charge in [-0.3, -0.25) is 9.59 Å². The number of aliphatic hydroxyl groups is 2. The van der Waals surface area contributed by atoms with Crippen LogP contribution in [0.5, 0.6) is 5.75 Å². The molecular weight excluding hydrogens is 883 g/mol. The maximum Gasteiger partial charge on any atom is 0.407 e. The van der Waals surface area contributed by atoms with Crippen molar-refractivity contribution in [2.24, 2.45) is 22.7 Å². The van der Waals surface area contributed by atoms with Crippen molar-refractivity contribution in [3.05, 3.63) is 76.9 Å². The van der Waals surface area contributed by atoms with Gasteiger partial charge in [0.05, 0.1) is 48.4 Å². The maximum atomic E-state index is 14.8. The predicted octanol–water partition coefficient (Wildman–Crippen LogP) is 6.07. The van der Waals surface area contributed by atoms with Crippen LogP contribution in [0.25, 0.3) is 0 Å². The van der Waals surface area contributed by atoms with Crippen molar-refractivity contribution in [1.29, 1.82) is 0 Å². The van der Waals surface area contributed by atoms with Crippen LogP contribution >= 0.6 is 0 Å². The molecule has 5 aliphatic rings. The molecule has 2 aromatic rings. The summed E-state index contributed by atoms with van der Waals surface area (Å²) in [5, 5.41) is 27.4. The first kappa shape index (κ1) is 50.8. The first-order valence-electron chi connectivity index (χ1n) is 23.3. The van der Waals surface area contributed by atoms with Crippen LogP contribution in [-0.4, -0.2) is 119 Å². The van der Waals surface area contributed by atoms with Crippen molar-refractivity contribution in [3.8, 4) is 5.75 Å². The van der Waals surface area contributed by atoms with Crippen LogP contribution in [0.1, 0.15) is 118 Å². The number of alkyl carbamates (subject to hydrolysis) is 1. The lowest BCUT2D eigenvalue weighted by Crippen LogP contribution is -2.80. The van der Waals surface area contributed by atoms with Gasteiger partial charge in [0.1, 0.15) is 35.8 Å². The molecule has 17 nitrogen and oxygen atoms in total. The summed E-state index contributed by atoms with van der Waals surface area (Å²) in [5.41, 5.74) is -6.22. The van der Waals surface area contributed by atoms with E-state index in [4.69, 9.17) is 42.6 Å². The van der Waals surface area contributed by atoms with E-state index in [1.807, 2.05) is 20.8 Å². The van der Waals surface area contributed by atoms with E-state index in [1.165, 1.54) is 27.7 Å². The van der Waals surface area contributed by atoms with Gasteiger partial charge in [0.25, 0.3) is 0 Å². The summed E-state index contributed by atoms with van der Waals surface area (Å²) in [6.45, 7) is 17.7. The Bertz CT molecular complexity index is 2270. The van der Waals surface area contributed by atoms with Crippen LogP contribution in [-0.2, 0) is 52.3 Å². The first-order chi connectivity index (χ1) is 31.8. The minimum Gasteiger partial charge on any atom is -0.497 e. The van der Waals surface area contributed by atoms with E-state index in [0.717, 1.165) is 0 Å². The van der Waals surface area contributed by atoms with Gasteiger partial charge in [-0.2, -0.15) is 0 Å². The third-order valence-corrected chi connectivity index (χ3v) is 14.4. The largest absolute Gasteiger partial charge is 0.497 e. The molecule has 4 fully saturated rings. The topological polar surface area (TPSA) is 221 Å². The van der Waals surface area contributed by atoms with Crippen LogP contribution in [0.2, 0.25) is 0 Å². The second-order valence-corrected chi connectivity index (χ2v) is 21.0. The van der Waals surface area contributed by atoms with Crippen LogP contribution in [0, 0.1) is 22.7 Å². The number of amides is 1. The number of carbonyl (C=O) groups excluding carboxylic acids is 5. The van der Waals surface area contributed by atoms with E-state index in [1.54, 1.807) is 89.4 Å². The third kappa shape index (κ3) is 9.12. The van der Waals surface area contributed by atoms with Gasteiger partial charge in [-0.15, -0.1) is 0 Å². The SMILES string of the molecule is COc1ccc(C2O[C@H]3C[C@H]4OC[C@@]4(OC(C)=O)[C@H]4[C@H](OC(=O)c5ccccc5)[C@]5(C(C)(C)O)C[C@H](OC(=O)[C@H](O)[C@H](CC(C)C)NC(=O)OC(C)(C)C)C(C)=C5[C@@H](OC(C)=O)[C@H](O2)[C@]34C)cc1. The number of esters is 4. The number of hydrogen-bond acceptors (Lipinski definition) is 16. The molecule has 68 heavy (non-hydrogen) atoms. The van der Waals surface area contributed by atoms with Gasteiger partial charge in [0.2, 0.25) is 0 Å². The van der Waals surface area contributed by atoms with Crippen LogP contribution < -0.4 is 10.1 Å². The second kappa shape index (κ2) is 18.7. The average Bonchev–Trinajstić information content (AvgIpc) is 3.50. The first-order valence-corrected chi connectivity index (χ1v) is 23.3. The molecule has 3 aliphatic carbocycles. The molecule has 7 rings (SSSR count). The zero-order valence-corrected chi connectivity index (χ0v) is 41.0. The molecule has 0 bridgehead atoms. The van der Waals surface area contributed by atoms with E-state index >= 15 is 0 Å². The molecule has 1 unspecified atom stereocenters. The fourth-order valence-corrected chi connectivity index (χ4v) is 11.6. The molecule has 2 saturated carbocycles. The predicted molar refractivity (Wildman–Crippen MR) is 242 cm³/mol. The van der Waals surface area contributed by atoms with Crippen molar-refractivity contribution in [2.75, 3.05) is 13.7 Å². The summed E-state index contributed by atoms with van der Waals surface area (Å²) in [7, 11) is 1.54. The summed E-state index contributed by atoms with van der Waals surface area (Å²) in [4.78, 5) is 69.2. The highest BCUT2D eigenvalue weighted by Crippen LogP contribution is 2.70. The number of ether oxygens (including phenoxy) is 9. The average molecular weight is 950 g/mol. The molecule has 0 radical (unpaired) electrons. The normalized spacial score (nSPS) is 32.7.